The van der Waals surface area contributed by atoms with Gasteiger partial charge < -0.3 is 15.5 Å². The van der Waals surface area contributed by atoms with Gasteiger partial charge in [-0.3, -0.25) is 15.5 Å². The summed E-state index contributed by atoms with van der Waals surface area (Å²) in [4.78, 5) is 14.5. The number of nitrogens with zero attached hydrogens (tertiary/aromatic N) is 3. The summed E-state index contributed by atoms with van der Waals surface area (Å²) in [6.45, 7) is 3.37. The number of benzene rings is 1. The lowest BCUT2D eigenvalue weighted by atomic mass is 10.1. The normalized spacial score (nSPS) is 16.8. The molecule has 20 heavy (non-hydrogen) atoms. The van der Waals surface area contributed by atoms with Crippen LogP contribution in [0.1, 0.15) is 12.0 Å². The predicted octanol–water partition coefficient (Wildman–Crippen LogP) is 1.14. The fraction of sp³-hybridized carbons (Fsp3) is 0.462. The minimum Gasteiger partial charge on any atom is -0.398 e. The van der Waals surface area contributed by atoms with Gasteiger partial charge in [0.25, 0.3) is 5.69 Å². The molecule has 0 saturated carbocycles. The zero-order valence-electron chi connectivity index (χ0n) is 11.5. The first-order valence-corrected chi connectivity index (χ1v) is 6.55. The van der Waals surface area contributed by atoms with E-state index in [-0.39, 0.29) is 11.5 Å². The molecule has 1 fully saturated rings. The van der Waals surface area contributed by atoms with Gasteiger partial charge in [-0.25, -0.2) is 0 Å². The third-order valence-corrected chi connectivity index (χ3v) is 3.54. The van der Waals surface area contributed by atoms with Gasteiger partial charge in [0.05, 0.1) is 4.92 Å². The lowest BCUT2D eigenvalue weighted by molar-refractivity contribution is -0.384. The van der Waals surface area contributed by atoms with Gasteiger partial charge in [0.2, 0.25) is 0 Å². The Morgan fingerprint density at radius 2 is 2.10 bits per heavy atom. The van der Waals surface area contributed by atoms with Crippen LogP contribution in [-0.2, 0) is 0 Å². The number of nitrogen functional groups attached to an aromatic ring is 1. The van der Waals surface area contributed by atoms with E-state index in [4.69, 9.17) is 11.1 Å². The lowest BCUT2D eigenvalue weighted by Crippen LogP contribution is -2.35. The molecule has 7 nitrogen and oxygen atoms in total. The third kappa shape index (κ3) is 3.05. The summed E-state index contributed by atoms with van der Waals surface area (Å²) < 4.78 is 0. The van der Waals surface area contributed by atoms with E-state index in [0.29, 0.717) is 11.3 Å². The Morgan fingerprint density at radius 1 is 1.35 bits per heavy atom. The highest BCUT2D eigenvalue weighted by Crippen LogP contribution is 2.21. The SMILES string of the molecule is CN1CCCN(C(=N)c2cc([N+](=O)[O-])ccc2N)CC1. The summed E-state index contributed by atoms with van der Waals surface area (Å²) in [6, 6.07) is 4.24. The van der Waals surface area contributed by atoms with Gasteiger partial charge in [-0.05, 0) is 26.1 Å². The number of nitrogens with one attached hydrogen (secondary N) is 1. The van der Waals surface area contributed by atoms with Crippen molar-refractivity contribution in [1.29, 1.82) is 5.41 Å². The van der Waals surface area contributed by atoms with Gasteiger partial charge in [0.15, 0.2) is 0 Å². The van der Waals surface area contributed by atoms with Gasteiger partial charge in [-0.15, -0.1) is 0 Å². The fourth-order valence-corrected chi connectivity index (χ4v) is 2.30. The van der Waals surface area contributed by atoms with Gasteiger partial charge in [-0.1, -0.05) is 0 Å². The van der Waals surface area contributed by atoms with Crippen LogP contribution in [0.3, 0.4) is 0 Å². The number of nitrogens with two attached hydrogens (primary N) is 1. The van der Waals surface area contributed by atoms with Crippen LogP contribution in [-0.4, -0.2) is 53.8 Å². The highest BCUT2D eigenvalue weighted by molar-refractivity contribution is 6.01. The summed E-state index contributed by atoms with van der Waals surface area (Å²) in [7, 11) is 2.05. The Hall–Kier alpha value is -2.15. The standard InChI is InChI=1S/C13H19N5O2/c1-16-5-2-6-17(8-7-16)13(15)11-9-10(18(19)20)3-4-12(11)14/h3-4,9,15H,2,5-8,14H2,1H3. The van der Waals surface area contributed by atoms with Crippen molar-refractivity contribution in [3.63, 3.8) is 0 Å². The molecule has 0 radical (unpaired) electrons. The maximum Gasteiger partial charge on any atom is 0.270 e. The van der Waals surface area contributed by atoms with Crippen molar-refractivity contribution in [2.75, 3.05) is 39.0 Å². The number of nitro groups is 1. The molecule has 1 heterocycles. The molecule has 1 saturated heterocycles. The first kappa shape index (κ1) is 14.3. The van der Waals surface area contributed by atoms with Crippen LogP contribution >= 0.6 is 0 Å². The fourth-order valence-electron chi connectivity index (χ4n) is 2.30. The van der Waals surface area contributed by atoms with Crippen molar-refractivity contribution in [2.24, 2.45) is 0 Å². The minimum absolute atomic E-state index is 0.0362. The second kappa shape index (κ2) is 5.87. The Kier molecular flexibility index (Phi) is 4.19. The van der Waals surface area contributed by atoms with Crippen LogP contribution < -0.4 is 5.73 Å². The Bertz CT molecular complexity index is 531. The summed E-state index contributed by atoms with van der Waals surface area (Å²) >= 11 is 0. The van der Waals surface area contributed by atoms with E-state index in [9.17, 15) is 10.1 Å². The summed E-state index contributed by atoms with van der Waals surface area (Å²) in [6.07, 6.45) is 0.966. The van der Waals surface area contributed by atoms with E-state index < -0.39 is 4.92 Å². The van der Waals surface area contributed by atoms with Crippen LogP contribution in [0.25, 0.3) is 0 Å². The number of hydrogen-bond acceptors (Lipinski definition) is 5. The average Bonchev–Trinajstić information content (AvgIpc) is 2.63. The molecule has 1 aromatic rings. The van der Waals surface area contributed by atoms with Crippen LogP contribution in [0.15, 0.2) is 18.2 Å². The highest BCUT2D eigenvalue weighted by Gasteiger charge is 2.19. The van der Waals surface area contributed by atoms with Crippen LogP contribution in [0.4, 0.5) is 11.4 Å². The lowest BCUT2D eigenvalue weighted by Gasteiger charge is -2.24. The first-order valence-electron chi connectivity index (χ1n) is 6.55. The van der Waals surface area contributed by atoms with Crippen LogP contribution in [0.5, 0.6) is 0 Å². The van der Waals surface area contributed by atoms with Gasteiger partial charge >= 0.3 is 0 Å². The number of likely N-dealkylation sites (N-methyl/N-ethyl adjacent to an activating group) is 1. The maximum atomic E-state index is 10.8. The number of anilines is 1. The molecule has 0 atom stereocenters. The van der Waals surface area contributed by atoms with E-state index in [0.717, 1.165) is 32.6 Å². The second-order valence-corrected chi connectivity index (χ2v) is 5.02. The first-order chi connectivity index (χ1) is 9.49. The highest BCUT2D eigenvalue weighted by atomic mass is 16.6. The minimum atomic E-state index is -0.466. The Balaban J connectivity index is 2.23. The zero-order valence-corrected chi connectivity index (χ0v) is 11.5. The predicted molar refractivity (Wildman–Crippen MR) is 78.0 cm³/mol. The third-order valence-electron chi connectivity index (χ3n) is 3.54. The number of amidine groups is 1. The van der Waals surface area contributed by atoms with E-state index in [1.165, 1.54) is 18.2 Å². The molecule has 1 aliphatic rings. The van der Waals surface area contributed by atoms with Crippen molar-refractivity contribution in [3.05, 3.63) is 33.9 Å². The molecule has 1 aromatic carbocycles. The summed E-state index contributed by atoms with van der Waals surface area (Å²) in [5, 5.41) is 19.1. The van der Waals surface area contributed by atoms with E-state index >= 15 is 0 Å². The molecule has 0 amide bonds. The quantitative estimate of drug-likeness (QED) is 0.277. The van der Waals surface area contributed by atoms with Crippen molar-refractivity contribution < 1.29 is 4.92 Å². The molecule has 7 heteroatoms. The number of rotatable bonds is 2. The zero-order chi connectivity index (χ0) is 14.7. The van der Waals surface area contributed by atoms with Crippen LogP contribution in [0.2, 0.25) is 0 Å². The second-order valence-electron chi connectivity index (χ2n) is 5.02. The molecule has 0 bridgehead atoms. The molecule has 0 spiro atoms. The van der Waals surface area contributed by atoms with Crippen molar-refractivity contribution in [1.82, 2.24) is 9.80 Å². The van der Waals surface area contributed by atoms with Gasteiger partial charge in [-0.2, -0.15) is 0 Å². The molecule has 2 rings (SSSR count). The van der Waals surface area contributed by atoms with Crippen LogP contribution in [0, 0.1) is 15.5 Å². The summed E-state index contributed by atoms with van der Waals surface area (Å²) in [5.74, 6) is 0.265. The van der Waals surface area contributed by atoms with E-state index in [1.54, 1.807) is 0 Å². The van der Waals surface area contributed by atoms with Crippen molar-refractivity contribution in [3.8, 4) is 0 Å². The van der Waals surface area contributed by atoms with Gasteiger partial charge in [0.1, 0.15) is 5.84 Å². The maximum absolute atomic E-state index is 10.8. The Morgan fingerprint density at radius 3 is 2.80 bits per heavy atom. The monoisotopic (exact) mass is 277 g/mol. The molecule has 0 aliphatic carbocycles. The van der Waals surface area contributed by atoms with Crippen molar-refractivity contribution >= 4 is 17.2 Å². The molecule has 3 N–H and O–H groups in total. The number of hydrogen-bond donors (Lipinski definition) is 2. The average molecular weight is 277 g/mol. The summed E-state index contributed by atoms with van der Waals surface area (Å²) in [5.41, 5.74) is 6.66. The van der Waals surface area contributed by atoms with Gasteiger partial charge in [0, 0.05) is 43.0 Å². The molecule has 0 aromatic heterocycles. The smallest absolute Gasteiger partial charge is 0.270 e. The topological polar surface area (TPSA) is 99.5 Å². The number of non-ortho nitro benzene ring substituents is 1. The molecule has 1 aliphatic heterocycles. The molecular weight excluding hydrogens is 258 g/mol. The van der Waals surface area contributed by atoms with E-state index in [2.05, 4.69) is 11.9 Å². The molecule has 108 valence electrons. The van der Waals surface area contributed by atoms with E-state index in [1.807, 2.05) is 4.90 Å². The molecule has 0 unspecified atom stereocenters. The Labute approximate surface area is 117 Å². The molecular formula is C13H19N5O2. The number of nitro benzene ring substituents is 1. The largest absolute Gasteiger partial charge is 0.398 e. The van der Waals surface area contributed by atoms with Crippen molar-refractivity contribution in [2.45, 2.75) is 6.42 Å².